The predicted molar refractivity (Wildman–Crippen MR) is 102 cm³/mol. The molecule has 5 nitrogen and oxygen atoms in total. The van der Waals surface area contributed by atoms with Crippen LogP contribution in [0.2, 0.25) is 0 Å². The Kier molecular flexibility index (Phi) is 5.80. The third-order valence-corrected chi connectivity index (χ3v) is 5.43. The van der Waals surface area contributed by atoms with Gasteiger partial charge in [0.1, 0.15) is 5.75 Å². The second-order valence-electron chi connectivity index (χ2n) is 5.16. The molecule has 0 aliphatic carbocycles. The van der Waals surface area contributed by atoms with Gasteiger partial charge in [-0.25, -0.2) is 0 Å². The molecule has 0 aliphatic rings. The van der Waals surface area contributed by atoms with Crippen LogP contribution in [0, 0.1) is 0 Å². The molecule has 2 aromatic heterocycles. The molecule has 0 unspecified atom stereocenters. The van der Waals surface area contributed by atoms with Crippen LogP contribution >= 0.6 is 22.7 Å². The maximum Gasteiger partial charge on any atom is 0.272 e. The molecule has 2 heterocycles. The lowest BCUT2D eigenvalue weighted by Crippen LogP contribution is -2.18. The Bertz CT molecular complexity index is 953. The van der Waals surface area contributed by atoms with E-state index in [0.29, 0.717) is 18.0 Å². The average molecular weight is 374 g/mol. The van der Waals surface area contributed by atoms with E-state index in [1.807, 2.05) is 40.3 Å². The number of hydrogen-bond acceptors (Lipinski definition) is 5. The van der Waals surface area contributed by atoms with Crippen molar-refractivity contribution in [3.05, 3.63) is 51.5 Å². The molecule has 1 amide bonds. The summed E-state index contributed by atoms with van der Waals surface area (Å²) in [6, 6.07) is 9.74. The smallest absolute Gasteiger partial charge is 0.272 e. The maximum atomic E-state index is 12.2. The van der Waals surface area contributed by atoms with Gasteiger partial charge in [-0.2, -0.15) is 4.99 Å². The van der Waals surface area contributed by atoms with Crippen LogP contribution in [0.3, 0.4) is 0 Å². The molecule has 0 saturated carbocycles. The van der Waals surface area contributed by atoms with Crippen molar-refractivity contribution in [3.8, 4) is 5.75 Å². The largest absolute Gasteiger partial charge is 0.497 e. The number of rotatable bonds is 6. The Balaban J connectivity index is 1.99. The molecule has 130 valence electrons. The second kappa shape index (κ2) is 8.24. The van der Waals surface area contributed by atoms with Crippen LogP contribution in [0.25, 0.3) is 16.3 Å². The van der Waals surface area contributed by atoms with Crippen LogP contribution in [-0.2, 0) is 16.1 Å². The molecule has 1 aromatic carbocycles. The fourth-order valence-electron chi connectivity index (χ4n) is 2.34. The summed E-state index contributed by atoms with van der Waals surface area (Å²) in [5.74, 6) is 0.501. The summed E-state index contributed by atoms with van der Waals surface area (Å²) in [4.78, 5) is 18.2. The topological polar surface area (TPSA) is 52.8 Å². The number of benzene rings is 1. The van der Waals surface area contributed by atoms with E-state index in [2.05, 4.69) is 4.99 Å². The summed E-state index contributed by atoms with van der Waals surface area (Å²) in [5, 5.41) is 1.97. The van der Waals surface area contributed by atoms with Crippen molar-refractivity contribution in [2.75, 3.05) is 20.8 Å². The monoisotopic (exact) mass is 374 g/mol. The highest BCUT2D eigenvalue weighted by atomic mass is 32.1. The number of carbonyl (C=O) groups excluding carboxylic acids is 1. The molecule has 25 heavy (non-hydrogen) atoms. The van der Waals surface area contributed by atoms with Gasteiger partial charge in [0, 0.05) is 24.6 Å². The fraction of sp³-hybridized carbons (Fsp3) is 0.222. The molecule has 3 aromatic rings. The van der Waals surface area contributed by atoms with Crippen LogP contribution < -0.4 is 9.54 Å². The van der Waals surface area contributed by atoms with E-state index in [-0.39, 0.29) is 5.91 Å². The summed E-state index contributed by atoms with van der Waals surface area (Å²) in [6.07, 6.45) is 3.28. The highest BCUT2D eigenvalue weighted by Gasteiger charge is 2.08. The van der Waals surface area contributed by atoms with Crippen molar-refractivity contribution >= 4 is 44.9 Å². The molecule has 0 bridgehead atoms. The third kappa shape index (κ3) is 4.25. The van der Waals surface area contributed by atoms with Crippen molar-refractivity contribution in [1.82, 2.24) is 4.57 Å². The number of hydrogen-bond donors (Lipinski definition) is 0. The van der Waals surface area contributed by atoms with Gasteiger partial charge in [-0.05, 0) is 35.7 Å². The Morgan fingerprint density at radius 3 is 2.92 bits per heavy atom. The minimum Gasteiger partial charge on any atom is -0.497 e. The first-order valence-corrected chi connectivity index (χ1v) is 9.37. The number of amides is 1. The average Bonchev–Trinajstić information content (AvgIpc) is 3.25. The van der Waals surface area contributed by atoms with Gasteiger partial charge < -0.3 is 14.0 Å². The normalized spacial score (nSPS) is 12.3. The predicted octanol–water partition coefficient (Wildman–Crippen LogP) is 3.56. The van der Waals surface area contributed by atoms with E-state index < -0.39 is 0 Å². The van der Waals surface area contributed by atoms with Crippen molar-refractivity contribution in [2.45, 2.75) is 6.54 Å². The molecule has 0 N–H and O–H groups in total. The lowest BCUT2D eigenvalue weighted by Gasteiger charge is -2.04. The number of methoxy groups -OCH3 is 2. The van der Waals surface area contributed by atoms with E-state index in [1.165, 1.54) is 17.4 Å². The summed E-state index contributed by atoms with van der Waals surface area (Å²) in [7, 11) is 3.29. The zero-order valence-corrected chi connectivity index (χ0v) is 15.6. The Morgan fingerprint density at radius 2 is 2.20 bits per heavy atom. The number of carbonyl (C=O) groups is 1. The molecule has 3 rings (SSSR count). The van der Waals surface area contributed by atoms with Crippen LogP contribution in [0.1, 0.15) is 4.88 Å². The van der Waals surface area contributed by atoms with Gasteiger partial charge in [0.25, 0.3) is 5.91 Å². The van der Waals surface area contributed by atoms with Crippen molar-refractivity contribution in [1.29, 1.82) is 0 Å². The van der Waals surface area contributed by atoms with Crippen LogP contribution in [0.5, 0.6) is 5.75 Å². The first kappa shape index (κ1) is 17.6. The van der Waals surface area contributed by atoms with Crippen molar-refractivity contribution < 1.29 is 14.3 Å². The summed E-state index contributed by atoms with van der Waals surface area (Å²) in [5.41, 5.74) is 1.01. The van der Waals surface area contributed by atoms with E-state index >= 15 is 0 Å². The maximum absolute atomic E-state index is 12.2. The lowest BCUT2D eigenvalue weighted by atomic mass is 10.3. The molecule has 0 atom stereocenters. The van der Waals surface area contributed by atoms with Crippen molar-refractivity contribution in [3.63, 3.8) is 0 Å². The van der Waals surface area contributed by atoms with Crippen LogP contribution in [0.4, 0.5) is 0 Å². The van der Waals surface area contributed by atoms with Crippen LogP contribution in [0.15, 0.2) is 46.8 Å². The van der Waals surface area contributed by atoms with Crippen molar-refractivity contribution in [2.24, 2.45) is 4.99 Å². The summed E-state index contributed by atoms with van der Waals surface area (Å²) in [6.45, 7) is 1.17. The zero-order chi connectivity index (χ0) is 17.6. The molecular weight excluding hydrogens is 356 g/mol. The van der Waals surface area contributed by atoms with Gasteiger partial charge in [0.2, 0.25) is 0 Å². The van der Waals surface area contributed by atoms with E-state index in [0.717, 1.165) is 20.8 Å². The number of thiazole rings is 1. The molecule has 0 saturated heterocycles. The second-order valence-corrected chi connectivity index (χ2v) is 7.15. The number of nitrogens with zero attached hydrogens (tertiary/aromatic N) is 2. The summed E-state index contributed by atoms with van der Waals surface area (Å²) >= 11 is 3.04. The number of fused-ring (bicyclic) bond motifs is 1. The number of ether oxygens (including phenoxy) is 2. The Hall–Kier alpha value is -2.22. The summed E-state index contributed by atoms with van der Waals surface area (Å²) < 4.78 is 13.5. The van der Waals surface area contributed by atoms with Gasteiger partial charge >= 0.3 is 0 Å². The highest BCUT2D eigenvalue weighted by molar-refractivity contribution is 7.16. The molecule has 0 radical (unpaired) electrons. The molecular formula is C18H18N2O3S2. The SMILES string of the molecule is COCCn1c(=NC(=O)C=Cc2cccs2)sc2cc(OC)ccc21. The third-order valence-electron chi connectivity index (χ3n) is 3.55. The van der Waals surface area contributed by atoms with E-state index in [4.69, 9.17) is 9.47 Å². The Morgan fingerprint density at radius 1 is 1.32 bits per heavy atom. The van der Waals surface area contributed by atoms with E-state index in [1.54, 1.807) is 31.6 Å². The van der Waals surface area contributed by atoms with Gasteiger partial charge in [0.05, 0.1) is 23.9 Å². The number of aromatic nitrogens is 1. The van der Waals surface area contributed by atoms with E-state index in [9.17, 15) is 4.79 Å². The Labute approximate surface area is 153 Å². The standard InChI is InChI=1S/C18H18N2O3S2/c1-22-10-9-20-15-7-5-13(23-2)12-16(15)25-18(20)19-17(21)8-6-14-4-3-11-24-14/h3-8,11-12H,9-10H2,1-2H3. The first-order chi connectivity index (χ1) is 12.2. The van der Waals surface area contributed by atoms with Gasteiger partial charge in [-0.15, -0.1) is 11.3 Å². The minimum atomic E-state index is -0.280. The lowest BCUT2D eigenvalue weighted by molar-refractivity contribution is -0.113. The van der Waals surface area contributed by atoms with Gasteiger partial charge in [0.15, 0.2) is 4.80 Å². The first-order valence-electron chi connectivity index (χ1n) is 7.68. The number of thiophene rings is 1. The van der Waals surface area contributed by atoms with Gasteiger partial charge in [-0.3, -0.25) is 4.79 Å². The quantitative estimate of drug-likeness (QED) is 0.620. The molecule has 0 aliphatic heterocycles. The van der Waals surface area contributed by atoms with Crippen LogP contribution in [-0.4, -0.2) is 31.3 Å². The minimum absolute atomic E-state index is 0.280. The molecule has 7 heteroatoms. The molecule has 0 spiro atoms. The van der Waals surface area contributed by atoms with Gasteiger partial charge in [-0.1, -0.05) is 17.4 Å². The molecule has 0 fully saturated rings. The highest BCUT2D eigenvalue weighted by Crippen LogP contribution is 2.23. The fourth-order valence-corrected chi connectivity index (χ4v) is 4.04. The zero-order valence-electron chi connectivity index (χ0n) is 14.0.